The van der Waals surface area contributed by atoms with Crippen LogP contribution in [0.2, 0.25) is 0 Å². The first-order valence-corrected chi connectivity index (χ1v) is 18.8. The molecule has 2 aromatic carbocycles. The van der Waals surface area contributed by atoms with Crippen molar-refractivity contribution in [2.75, 3.05) is 88.9 Å². The van der Waals surface area contributed by atoms with Gasteiger partial charge in [0.2, 0.25) is 5.95 Å². The van der Waals surface area contributed by atoms with E-state index in [4.69, 9.17) is 14.5 Å². The van der Waals surface area contributed by atoms with Gasteiger partial charge in [0, 0.05) is 81.1 Å². The molecule has 0 aliphatic carbocycles. The van der Waals surface area contributed by atoms with Crippen molar-refractivity contribution >= 4 is 57.2 Å². The van der Waals surface area contributed by atoms with Crippen LogP contribution in [0, 0.1) is 6.92 Å². The van der Waals surface area contributed by atoms with Crippen LogP contribution in [-0.2, 0) is 11.0 Å². The van der Waals surface area contributed by atoms with E-state index in [1.165, 1.54) is 37.2 Å². The third-order valence-corrected chi connectivity index (χ3v) is 11.1. The van der Waals surface area contributed by atoms with E-state index in [2.05, 4.69) is 72.4 Å². The van der Waals surface area contributed by atoms with Gasteiger partial charge in [-0.1, -0.05) is 0 Å². The molecule has 236 valence electrons. The maximum atomic E-state index is 13.2. The number of likely N-dealkylation sites (N-methyl/N-ethyl adjacent to an activating group) is 1. The van der Waals surface area contributed by atoms with Crippen molar-refractivity contribution in [3.63, 3.8) is 0 Å². The molecule has 3 aliphatic rings. The number of rotatable bonds is 8. The van der Waals surface area contributed by atoms with Crippen LogP contribution in [0.5, 0.6) is 11.5 Å². The number of piperazine rings is 1. The fourth-order valence-electron chi connectivity index (χ4n) is 6.46. The van der Waals surface area contributed by atoms with Crippen LogP contribution >= 0.6 is 23.1 Å². The standard InChI is InChI=1S/C32H43BrN7O3P/c1-21-16-25(29(42-3)19-27(21)40-9-6-23(7-10-40)39-13-11-38(2)12-14-39)36-32-34-20-24(33)31(37-32)35-26-18-28-22(8-15-43-28)17-30(26)44(4,5)41/h16-20,23H,6-15H2,1-5H3,(H2,34,35,36,37). The third kappa shape index (κ3) is 6.71. The topological polar surface area (TPSA) is 95.1 Å². The number of nitrogens with zero attached hydrogens (tertiary/aromatic N) is 5. The zero-order valence-electron chi connectivity index (χ0n) is 26.3. The smallest absolute Gasteiger partial charge is 0.229 e. The van der Waals surface area contributed by atoms with Gasteiger partial charge >= 0.3 is 0 Å². The number of nitrogens with one attached hydrogen (secondary N) is 2. The van der Waals surface area contributed by atoms with Crippen molar-refractivity contribution in [1.29, 1.82) is 0 Å². The van der Waals surface area contributed by atoms with Crippen molar-refractivity contribution in [3.05, 3.63) is 46.1 Å². The Hall–Kier alpha value is -2.85. The number of anilines is 5. The SMILES string of the molecule is COc1cc(N2CCC(N3CCN(C)CC3)CC2)c(C)cc1Nc1ncc(Br)c(Nc2cc3c(cc2P(C)(C)=O)CCO3)n1. The molecule has 44 heavy (non-hydrogen) atoms. The molecule has 2 N–H and O–H groups in total. The van der Waals surface area contributed by atoms with Gasteiger partial charge in [-0.25, -0.2) is 4.98 Å². The second-order valence-corrected chi connectivity index (χ2v) is 16.5. The highest BCUT2D eigenvalue weighted by Crippen LogP contribution is 2.42. The molecule has 2 saturated heterocycles. The highest BCUT2D eigenvalue weighted by Gasteiger charge is 2.28. The van der Waals surface area contributed by atoms with Gasteiger partial charge in [0.25, 0.3) is 0 Å². The van der Waals surface area contributed by atoms with E-state index >= 15 is 0 Å². The van der Waals surface area contributed by atoms with Gasteiger partial charge in [0.1, 0.15) is 24.5 Å². The molecular formula is C32H43BrN7O3P. The first kappa shape index (κ1) is 31.1. The predicted molar refractivity (Wildman–Crippen MR) is 183 cm³/mol. The number of hydrogen-bond donors (Lipinski definition) is 2. The highest BCUT2D eigenvalue weighted by atomic mass is 79.9. The second kappa shape index (κ2) is 12.9. The third-order valence-electron chi connectivity index (χ3n) is 9.01. The van der Waals surface area contributed by atoms with Crippen LogP contribution < -0.4 is 30.3 Å². The highest BCUT2D eigenvalue weighted by molar-refractivity contribution is 9.10. The molecule has 0 bridgehead atoms. The van der Waals surface area contributed by atoms with Crippen LogP contribution in [0.15, 0.2) is 34.9 Å². The van der Waals surface area contributed by atoms with Crippen molar-refractivity contribution in [2.24, 2.45) is 0 Å². The number of aromatic nitrogens is 2. The van der Waals surface area contributed by atoms with Crippen molar-refractivity contribution in [3.8, 4) is 11.5 Å². The fourth-order valence-corrected chi connectivity index (χ4v) is 7.92. The summed E-state index contributed by atoms with van der Waals surface area (Å²) in [4.78, 5) is 16.9. The molecule has 4 heterocycles. The lowest BCUT2D eigenvalue weighted by Gasteiger charge is -2.43. The Labute approximate surface area is 269 Å². The van der Waals surface area contributed by atoms with E-state index in [1.807, 2.05) is 12.1 Å². The lowest BCUT2D eigenvalue weighted by atomic mass is 10.0. The van der Waals surface area contributed by atoms with Gasteiger partial charge in [0.05, 0.1) is 29.6 Å². The number of methoxy groups -OCH3 is 1. The minimum absolute atomic E-state index is 0.421. The summed E-state index contributed by atoms with van der Waals surface area (Å²) in [6.07, 6.45) is 4.88. The molecule has 0 amide bonds. The number of piperidine rings is 1. The molecule has 1 aromatic heterocycles. The number of benzene rings is 2. The molecule has 10 nitrogen and oxygen atoms in total. The summed E-state index contributed by atoms with van der Waals surface area (Å²) in [5.74, 6) is 2.54. The van der Waals surface area contributed by atoms with Crippen LogP contribution in [-0.4, -0.2) is 99.2 Å². The zero-order chi connectivity index (χ0) is 31.0. The van der Waals surface area contributed by atoms with Crippen LogP contribution in [0.25, 0.3) is 0 Å². The fraction of sp³-hybridized carbons (Fsp3) is 0.500. The molecule has 0 radical (unpaired) electrons. The molecule has 0 spiro atoms. The number of aryl methyl sites for hydroxylation is 1. The number of fused-ring (bicyclic) bond motifs is 1. The van der Waals surface area contributed by atoms with Gasteiger partial charge in [-0.2, -0.15) is 4.98 Å². The summed E-state index contributed by atoms with van der Waals surface area (Å²) >= 11 is 3.59. The predicted octanol–water partition coefficient (Wildman–Crippen LogP) is 5.44. The Bertz CT molecular complexity index is 1570. The van der Waals surface area contributed by atoms with E-state index in [0.717, 1.165) is 66.3 Å². The summed E-state index contributed by atoms with van der Waals surface area (Å²) in [5, 5.41) is 7.54. The Morgan fingerprint density at radius 2 is 1.77 bits per heavy atom. The van der Waals surface area contributed by atoms with Gasteiger partial charge < -0.3 is 34.5 Å². The first-order chi connectivity index (χ1) is 21.1. The summed E-state index contributed by atoms with van der Waals surface area (Å²) in [6.45, 7) is 13.1. The number of ether oxygens (including phenoxy) is 2. The van der Waals surface area contributed by atoms with Gasteiger partial charge in [-0.15, -0.1) is 0 Å². The molecule has 3 aliphatic heterocycles. The van der Waals surface area contributed by atoms with E-state index in [9.17, 15) is 4.57 Å². The van der Waals surface area contributed by atoms with E-state index in [-0.39, 0.29) is 0 Å². The lowest BCUT2D eigenvalue weighted by Crippen LogP contribution is -2.52. The van der Waals surface area contributed by atoms with Crippen molar-refractivity contribution in [2.45, 2.75) is 32.2 Å². The molecule has 12 heteroatoms. The Morgan fingerprint density at radius 3 is 2.48 bits per heavy atom. The molecule has 0 unspecified atom stereocenters. The van der Waals surface area contributed by atoms with Crippen LogP contribution in [0.4, 0.5) is 28.8 Å². The zero-order valence-corrected chi connectivity index (χ0v) is 28.8. The molecular weight excluding hydrogens is 641 g/mol. The molecule has 3 aromatic rings. The molecule has 6 rings (SSSR count). The summed E-state index contributed by atoms with van der Waals surface area (Å²) in [7, 11) is 1.34. The average molecular weight is 685 g/mol. The second-order valence-electron chi connectivity index (χ2n) is 12.5. The monoisotopic (exact) mass is 683 g/mol. The summed E-state index contributed by atoms with van der Waals surface area (Å²) in [6, 6.07) is 8.84. The number of halogens is 1. The van der Waals surface area contributed by atoms with E-state index in [1.54, 1.807) is 26.6 Å². The molecule has 0 saturated carbocycles. The maximum absolute atomic E-state index is 13.2. The van der Waals surface area contributed by atoms with Crippen molar-refractivity contribution < 1.29 is 14.0 Å². The van der Waals surface area contributed by atoms with Gasteiger partial charge in [0.15, 0.2) is 0 Å². The first-order valence-electron chi connectivity index (χ1n) is 15.4. The van der Waals surface area contributed by atoms with Crippen molar-refractivity contribution in [1.82, 2.24) is 19.8 Å². The van der Waals surface area contributed by atoms with Gasteiger partial charge in [-0.05, 0) is 79.3 Å². The quantitative estimate of drug-likeness (QED) is 0.299. The normalized spacial score (nSPS) is 18.2. The Kier molecular flexibility index (Phi) is 9.11. The molecule has 0 atom stereocenters. The van der Waals surface area contributed by atoms with Crippen LogP contribution in [0.1, 0.15) is 24.0 Å². The summed E-state index contributed by atoms with van der Waals surface area (Å²) < 4.78 is 25.5. The average Bonchev–Trinajstić information content (AvgIpc) is 3.46. The molecule has 2 fully saturated rings. The lowest BCUT2D eigenvalue weighted by molar-refractivity contribution is 0.0982. The van der Waals surface area contributed by atoms with E-state index in [0.29, 0.717) is 28.9 Å². The minimum atomic E-state index is -2.57. The number of hydrogen-bond acceptors (Lipinski definition) is 10. The Balaban J connectivity index is 1.19. The maximum Gasteiger partial charge on any atom is 0.229 e. The van der Waals surface area contributed by atoms with Gasteiger partial charge in [-0.3, -0.25) is 4.90 Å². The van der Waals surface area contributed by atoms with E-state index < -0.39 is 7.14 Å². The minimum Gasteiger partial charge on any atom is -0.494 e. The summed E-state index contributed by atoms with van der Waals surface area (Å²) in [5.41, 5.74) is 4.99. The largest absolute Gasteiger partial charge is 0.494 e. The Morgan fingerprint density at radius 1 is 1.02 bits per heavy atom. The van der Waals surface area contributed by atoms with Crippen LogP contribution in [0.3, 0.4) is 0 Å².